The highest BCUT2D eigenvalue weighted by atomic mass is 35.5. The third kappa shape index (κ3) is 12.2. The lowest BCUT2D eigenvalue weighted by molar-refractivity contribution is 0.275. The lowest BCUT2D eigenvalue weighted by atomic mass is 9.86. The van der Waals surface area contributed by atoms with Crippen LogP contribution in [0.3, 0.4) is 0 Å². The molecule has 0 atom stereocenters. The standard InChI is InChI=1S/C11H22.CCl2O/c1-2-3-5-8-11-9-6-4-7-10-11;2-1(3)4/h11H,2-10H2,1H3;. The van der Waals surface area contributed by atoms with Gasteiger partial charge in [0.2, 0.25) is 0 Å². The average molecular weight is 253 g/mol. The highest BCUT2D eigenvalue weighted by Crippen LogP contribution is 2.27. The van der Waals surface area contributed by atoms with Crippen LogP contribution < -0.4 is 0 Å². The van der Waals surface area contributed by atoms with Gasteiger partial charge in [-0.05, 0) is 29.1 Å². The molecule has 0 aliphatic heterocycles. The van der Waals surface area contributed by atoms with Gasteiger partial charge in [-0.1, -0.05) is 64.7 Å². The highest BCUT2D eigenvalue weighted by molar-refractivity contribution is 6.93. The summed E-state index contributed by atoms with van der Waals surface area (Å²) in [5.41, 5.74) is 0. The first kappa shape index (κ1) is 15.2. The van der Waals surface area contributed by atoms with E-state index in [0.29, 0.717) is 0 Å². The van der Waals surface area contributed by atoms with Gasteiger partial charge in [0, 0.05) is 0 Å². The van der Waals surface area contributed by atoms with Gasteiger partial charge in [-0.25, -0.2) is 0 Å². The summed E-state index contributed by atoms with van der Waals surface area (Å²) in [6, 6.07) is 0. The van der Waals surface area contributed by atoms with Crippen molar-refractivity contribution in [1.29, 1.82) is 0 Å². The molecular weight excluding hydrogens is 231 g/mol. The molecule has 0 saturated heterocycles. The van der Waals surface area contributed by atoms with E-state index in [1.807, 2.05) is 0 Å². The molecule has 15 heavy (non-hydrogen) atoms. The van der Waals surface area contributed by atoms with Crippen LogP contribution in [0.1, 0.15) is 64.7 Å². The Labute approximate surface area is 104 Å². The Morgan fingerprint density at radius 2 is 1.67 bits per heavy atom. The second-order valence-corrected chi connectivity index (χ2v) is 5.11. The van der Waals surface area contributed by atoms with E-state index in [9.17, 15) is 0 Å². The Morgan fingerprint density at radius 3 is 2.13 bits per heavy atom. The molecule has 0 heterocycles. The highest BCUT2D eigenvalue weighted by Gasteiger charge is 2.11. The van der Waals surface area contributed by atoms with E-state index < -0.39 is 4.70 Å². The topological polar surface area (TPSA) is 17.1 Å². The second-order valence-electron chi connectivity index (χ2n) is 4.23. The van der Waals surface area contributed by atoms with Crippen LogP contribution in [0.5, 0.6) is 0 Å². The minimum atomic E-state index is -0.889. The summed E-state index contributed by atoms with van der Waals surface area (Å²) in [5, 5.41) is 0. The molecule has 1 rings (SSSR count). The van der Waals surface area contributed by atoms with Crippen LogP contribution in [0.4, 0.5) is 4.79 Å². The zero-order chi connectivity index (χ0) is 11.5. The molecule has 0 radical (unpaired) electrons. The maximum Gasteiger partial charge on any atom is 0.313 e. The summed E-state index contributed by atoms with van der Waals surface area (Å²) < 4.78 is -0.889. The summed E-state index contributed by atoms with van der Waals surface area (Å²) >= 11 is 8.80. The van der Waals surface area contributed by atoms with Crippen molar-refractivity contribution in [2.75, 3.05) is 0 Å². The van der Waals surface area contributed by atoms with Crippen LogP contribution in [0.25, 0.3) is 0 Å². The maximum atomic E-state index is 8.98. The third-order valence-corrected chi connectivity index (χ3v) is 2.94. The van der Waals surface area contributed by atoms with Crippen molar-refractivity contribution in [3.63, 3.8) is 0 Å². The molecule has 90 valence electrons. The van der Waals surface area contributed by atoms with E-state index in [2.05, 4.69) is 30.1 Å². The molecule has 0 aromatic heterocycles. The van der Waals surface area contributed by atoms with E-state index in [0.717, 1.165) is 5.92 Å². The second kappa shape index (κ2) is 10.8. The summed E-state index contributed by atoms with van der Waals surface area (Å²) in [6.07, 6.45) is 13.4. The SMILES string of the molecule is CCCCCC1CCCCC1.O=C(Cl)Cl. The molecule has 3 heteroatoms. The molecule has 0 bridgehead atoms. The van der Waals surface area contributed by atoms with Crippen molar-refractivity contribution in [3.05, 3.63) is 0 Å². The first-order valence-corrected chi connectivity index (χ1v) is 6.77. The average Bonchev–Trinajstić information content (AvgIpc) is 2.19. The normalized spacial score (nSPS) is 16.7. The molecule has 0 amide bonds. The minimum absolute atomic E-state index is 0.889. The monoisotopic (exact) mass is 252 g/mol. The van der Waals surface area contributed by atoms with Gasteiger partial charge in [0.05, 0.1) is 0 Å². The van der Waals surface area contributed by atoms with Gasteiger partial charge in [-0.3, -0.25) is 4.79 Å². The van der Waals surface area contributed by atoms with Gasteiger partial charge in [-0.2, -0.15) is 0 Å². The Morgan fingerprint density at radius 1 is 1.13 bits per heavy atom. The number of hydrogen-bond acceptors (Lipinski definition) is 1. The summed E-state index contributed by atoms with van der Waals surface area (Å²) in [6.45, 7) is 2.29. The summed E-state index contributed by atoms with van der Waals surface area (Å²) in [5.74, 6) is 1.11. The lowest BCUT2D eigenvalue weighted by Gasteiger charge is -2.20. The number of carbonyl (C=O) groups is 1. The predicted octanol–water partition coefficient (Wildman–Crippen LogP) is 5.73. The van der Waals surface area contributed by atoms with Crippen LogP contribution >= 0.6 is 23.2 Å². The molecule has 1 aliphatic rings. The zero-order valence-corrected chi connectivity index (χ0v) is 11.1. The van der Waals surface area contributed by atoms with E-state index in [4.69, 9.17) is 4.79 Å². The van der Waals surface area contributed by atoms with Gasteiger partial charge in [-0.15, -0.1) is 0 Å². The van der Waals surface area contributed by atoms with E-state index in [1.54, 1.807) is 0 Å². The van der Waals surface area contributed by atoms with Crippen LogP contribution in [-0.2, 0) is 0 Å². The fourth-order valence-electron chi connectivity index (χ4n) is 2.16. The Hall–Kier alpha value is 0.250. The Balaban J connectivity index is 0.000000423. The largest absolute Gasteiger partial charge is 0.313 e. The van der Waals surface area contributed by atoms with Crippen LogP contribution in [-0.4, -0.2) is 4.70 Å². The molecule has 1 fully saturated rings. The third-order valence-electron chi connectivity index (χ3n) is 2.94. The molecule has 1 saturated carbocycles. The smallest absolute Gasteiger partial charge is 0.262 e. The molecule has 0 unspecified atom stereocenters. The maximum absolute atomic E-state index is 8.98. The summed E-state index contributed by atoms with van der Waals surface area (Å²) in [7, 11) is 0. The number of rotatable bonds is 4. The number of unbranched alkanes of at least 4 members (excludes halogenated alkanes) is 2. The van der Waals surface area contributed by atoms with Gasteiger partial charge < -0.3 is 0 Å². The van der Waals surface area contributed by atoms with Gasteiger partial charge in [0.15, 0.2) is 0 Å². The fourth-order valence-corrected chi connectivity index (χ4v) is 2.16. The molecular formula is C12H22Cl2O. The van der Waals surface area contributed by atoms with E-state index >= 15 is 0 Å². The van der Waals surface area contributed by atoms with Gasteiger partial charge in [0.25, 0.3) is 0 Å². The fraction of sp³-hybridized carbons (Fsp3) is 0.917. The van der Waals surface area contributed by atoms with E-state index in [-0.39, 0.29) is 0 Å². The molecule has 1 nitrogen and oxygen atoms in total. The molecule has 0 spiro atoms. The van der Waals surface area contributed by atoms with Crippen molar-refractivity contribution in [1.82, 2.24) is 0 Å². The van der Waals surface area contributed by atoms with Crippen LogP contribution in [0.15, 0.2) is 0 Å². The van der Waals surface area contributed by atoms with Crippen LogP contribution in [0, 0.1) is 5.92 Å². The first-order valence-electron chi connectivity index (χ1n) is 6.01. The predicted molar refractivity (Wildman–Crippen MR) is 67.8 cm³/mol. The lowest BCUT2D eigenvalue weighted by Crippen LogP contribution is -2.05. The number of halogens is 2. The molecule has 0 aromatic rings. The Bertz CT molecular complexity index is 150. The van der Waals surface area contributed by atoms with Crippen molar-refractivity contribution >= 4 is 27.9 Å². The quantitative estimate of drug-likeness (QED) is 0.461. The van der Waals surface area contributed by atoms with Crippen molar-refractivity contribution in [2.24, 2.45) is 5.92 Å². The molecule has 1 aliphatic carbocycles. The van der Waals surface area contributed by atoms with E-state index in [1.165, 1.54) is 57.8 Å². The zero-order valence-electron chi connectivity index (χ0n) is 9.61. The van der Waals surface area contributed by atoms with Gasteiger partial charge in [0.1, 0.15) is 0 Å². The van der Waals surface area contributed by atoms with Crippen molar-refractivity contribution < 1.29 is 4.79 Å². The molecule has 0 aromatic carbocycles. The summed E-state index contributed by atoms with van der Waals surface area (Å²) in [4.78, 5) is 8.98. The Kier molecular flexibility index (Phi) is 10.9. The minimum Gasteiger partial charge on any atom is -0.262 e. The van der Waals surface area contributed by atoms with Crippen molar-refractivity contribution in [2.45, 2.75) is 64.7 Å². The number of hydrogen-bond donors (Lipinski definition) is 0. The van der Waals surface area contributed by atoms with Gasteiger partial charge >= 0.3 is 4.70 Å². The number of carbonyl (C=O) groups excluding carboxylic acids is 1. The first-order chi connectivity index (χ1) is 7.16. The van der Waals surface area contributed by atoms with Crippen molar-refractivity contribution in [3.8, 4) is 0 Å². The molecule has 0 N–H and O–H groups in total. The van der Waals surface area contributed by atoms with Crippen LogP contribution in [0.2, 0.25) is 0 Å².